The van der Waals surface area contributed by atoms with Crippen LogP contribution in [0.25, 0.3) is 10.4 Å². The molecule has 0 atom stereocenters. The molecule has 1 aromatic rings. The van der Waals surface area contributed by atoms with Gasteiger partial charge in [0.2, 0.25) is 0 Å². The van der Waals surface area contributed by atoms with Gasteiger partial charge in [-0.15, -0.1) is 0 Å². The second-order valence-corrected chi connectivity index (χ2v) is 4.81. The Morgan fingerprint density at radius 3 is 2.60 bits per heavy atom. The van der Waals surface area contributed by atoms with E-state index < -0.39 is 0 Å². The zero-order valence-electron chi connectivity index (χ0n) is 12.0. The molecule has 0 N–H and O–H groups in total. The molecule has 1 aromatic carbocycles. The van der Waals surface area contributed by atoms with Crippen LogP contribution >= 0.6 is 0 Å². The summed E-state index contributed by atoms with van der Waals surface area (Å²) in [6.45, 7) is 3.45. The molecule has 6 heteroatoms. The highest BCUT2D eigenvalue weighted by Crippen LogP contribution is 2.33. The second kappa shape index (κ2) is 7.03. The van der Waals surface area contributed by atoms with E-state index in [0.29, 0.717) is 6.54 Å². The monoisotopic (exact) mass is 276 g/mol. The molecule has 1 heterocycles. The number of azide groups is 1. The maximum Gasteiger partial charge on any atom is 0.161 e. The van der Waals surface area contributed by atoms with Crippen LogP contribution in [0, 0.1) is 0 Å². The van der Waals surface area contributed by atoms with E-state index >= 15 is 0 Å². The van der Waals surface area contributed by atoms with Crippen molar-refractivity contribution in [2.75, 3.05) is 33.9 Å². The average Bonchev–Trinajstić information content (AvgIpc) is 2.50. The summed E-state index contributed by atoms with van der Waals surface area (Å²) in [6, 6.07) is 4.14. The third kappa shape index (κ3) is 3.35. The lowest BCUT2D eigenvalue weighted by molar-refractivity contribution is 0.251. The quantitative estimate of drug-likeness (QED) is 0.347. The summed E-state index contributed by atoms with van der Waals surface area (Å²) in [5, 5.41) is 3.57. The van der Waals surface area contributed by atoms with E-state index in [2.05, 4.69) is 27.1 Å². The first-order valence-corrected chi connectivity index (χ1v) is 6.75. The lowest BCUT2D eigenvalue weighted by Gasteiger charge is -2.29. The van der Waals surface area contributed by atoms with Gasteiger partial charge in [-0.3, -0.25) is 4.90 Å². The molecule has 0 radical (unpaired) electrons. The van der Waals surface area contributed by atoms with Crippen LogP contribution in [0.15, 0.2) is 17.2 Å². The second-order valence-electron chi connectivity index (χ2n) is 4.81. The highest BCUT2D eigenvalue weighted by molar-refractivity contribution is 5.48. The van der Waals surface area contributed by atoms with Gasteiger partial charge < -0.3 is 9.47 Å². The van der Waals surface area contributed by atoms with Gasteiger partial charge in [0, 0.05) is 24.5 Å². The van der Waals surface area contributed by atoms with Crippen LogP contribution in [0.2, 0.25) is 0 Å². The van der Waals surface area contributed by atoms with Crippen molar-refractivity contribution in [3.8, 4) is 11.5 Å². The molecule has 6 nitrogen and oxygen atoms in total. The maximum absolute atomic E-state index is 8.26. The number of benzene rings is 1. The summed E-state index contributed by atoms with van der Waals surface area (Å²) in [7, 11) is 3.32. The fourth-order valence-corrected chi connectivity index (χ4v) is 2.54. The number of hydrogen-bond donors (Lipinski definition) is 0. The van der Waals surface area contributed by atoms with E-state index in [9.17, 15) is 0 Å². The first kappa shape index (κ1) is 14.5. The molecule has 0 saturated heterocycles. The van der Waals surface area contributed by atoms with Crippen molar-refractivity contribution in [2.24, 2.45) is 5.11 Å². The van der Waals surface area contributed by atoms with Crippen LogP contribution in [0.1, 0.15) is 17.5 Å². The van der Waals surface area contributed by atoms with Crippen molar-refractivity contribution >= 4 is 0 Å². The van der Waals surface area contributed by atoms with Crippen LogP contribution < -0.4 is 9.47 Å². The van der Waals surface area contributed by atoms with Gasteiger partial charge in [-0.1, -0.05) is 5.11 Å². The molecule has 0 amide bonds. The number of fused-ring (bicyclic) bond motifs is 1. The van der Waals surface area contributed by atoms with E-state index in [-0.39, 0.29) is 0 Å². The van der Waals surface area contributed by atoms with Gasteiger partial charge in [-0.2, -0.15) is 0 Å². The molecule has 108 valence electrons. The van der Waals surface area contributed by atoms with Gasteiger partial charge in [0.05, 0.1) is 14.2 Å². The summed E-state index contributed by atoms with van der Waals surface area (Å²) >= 11 is 0. The van der Waals surface area contributed by atoms with Crippen LogP contribution in [0.4, 0.5) is 0 Å². The summed E-state index contributed by atoms with van der Waals surface area (Å²) in [4.78, 5) is 5.15. The lowest BCUT2D eigenvalue weighted by Crippen LogP contribution is -2.31. The molecule has 1 aliphatic heterocycles. The highest BCUT2D eigenvalue weighted by Gasteiger charge is 2.18. The SMILES string of the molecule is COc1cc2c(cc1OC)CN(CCCN=[N+]=[N-])CC2. The minimum atomic E-state index is 0.561. The van der Waals surface area contributed by atoms with Crippen molar-refractivity contribution in [3.63, 3.8) is 0 Å². The fourth-order valence-electron chi connectivity index (χ4n) is 2.54. The normalized spacial score (nSPS) is 14.3. The van der Waals surface area contributed by atoms with Gasteiger partial charge in [0.25, 0.3) is 0 Å². The van der Waals surface area contributed by atoms with E-state index in [4.69, 9.17) is 15.0 Å². The zero-order valence-corrected chi connectivity index (χ0v) is 12.0. The van der Waals surface area contributed by atoms with Crippen molar-refractivity contribution in [1.29, 1.82) is 0 Å². The van der Waals surface area contributed by atoms with Crippen LogP contribution in [0.5, 0.6) is 11.5 Å². The average molecular weight is 276 g/mol. The molecule has 0 fully saturated rings. The Morgan fingerprint density at radius 1 is 1.25 bits per heavy atom. The molecular weight excluding hydrogens is 256 g/mol. The van der Waals surface area contributed by atoms with Crippen LogP contribution in [-0.4, -0.2) is 38.8 Å². The molecule has 0 aromatic heterocycles. The van der Waals surface area contributed by atoms with Gasteiger partial charge in [0.1, 0.15) is 0 Å². The molecule has 1 aliphatic rings. The molecule has 0 saturated carbocycles. The largest absolute Gasteiger partial charge is 0.493 e. The number of nitrogens with zero attached hydrogens (tertiary/aromatic N) is 4. The predicted molar refractivity (Wildman–Crippen MR) is 77.2 cm³/mol. The maximum atomic E-state index is 8.26. The van der Waals surface area contributed by atoms with E-state index in [1.807, 2.05) is 0 Å². The lowest BCUT2D eigenvalue weighted by atomic mass is 9.98. The van der Waals surface area contributed by atoms with E-state index in [0.717, 1.165) is 44.0 Å². The Balaban J connectivity index is 2.03. The van der Waals surface area contributed by atoms with Gasteiger partial charge in [0.15, 0.2) is 11.5 Å². The third-order valence-corrected chi connectivity index (χ3v) is 3.59. The number of rotatable bonds is 6. The summed E-state index contributed by atoms with van der Waals surface area (Å²) in [5.74, 6) is 1.57. The van der Waals surface area contributed by atoms with Gasteiger partial charge >= 0.3 is 0 Å². The van der Waals surface area contributed by atoms with E-state index in [1.165, 1.54) is 11.1 Å². The van der Waals surface area contributed by atoms with Crippen LogP contribution in [-0.2, 0) is 13.0 Å². The first-order valence-electron chi connectivity index (χ1n) is 6.75. The van der Waals surface area contributed by atoms with Crippen molar-refractivity contribution in [2.45, 2.75) is 19.4 Å². The smallest absolute Gasteiger partial charge is 0.161 e. The Bertz CT molecular complexity index is 512. The Morgan fingerprint density at radius 2 is 1.95 bits per heavy atom. The van der Waals surface area contributed by atoms with Crippen molar-refractivity contribution < 1.29 is 9.47 Å². The molecular formula is C14H20N4O2. The van der Waals surface area contributed by atoms with Crippen LogP contribution in [0.3, 0.4) is 0 Å². The molecule has 2 rings (SSSR count). The topological polar surface area (TPSA) is 70.5 Å². The fraction of sp³-hybridized carbons (Fsp3) is 0.571. The highest BCUT2D eigenvalue weighted by atomic mass is 16.5. The predicted octanol–water partition coefficient (Wildman–Crippen LogP) is 2.76. The molecule has 20 heavy (non-hydrogen) atoms. The first-order chi connectivity index (χ1) is 9.78. The number of hydrogen-bond acceptors (Lipinski definition) is 4. The standard InChI is InChI=1S/C14H20N4O2/c1-19-13-8-11-4-7-18(6-3-5-16-17-15)10-12(11)9-14(13)20-2/h8-9H,3-7,10H2,1-2H3. The molecule has 0 spiro atoms. The third-order valence-electron chi connectivity index (χ3n) is 3.59. The summed E-state index contributed by atoms with van der Waals surface area (Å²) in [5.41, 5.74) is 10.9. The zero-order chi connectivity index (χ0) is 14.4. The Hall–Kier alpha value is -1.91. The van der Waals surface area contributed by atoms with Gasteiger partial charge in [-0.05, 0) is 48.2 Å². The molecule has 0 aliphatic carbocycles. The summed E-state index contributed by atoms with van der Waals surface area (Å²) < 4.78 is 10.7. The Kier molecular flexibility index (Phi) is 5.09. The van der Waals surface area contributed by atoms with Crippen molar-refractivity contribution in [1.82, 2.24) is 4.90 Å². The molecule has 0 unspecified atom stereocenters. The summed E-state index contributed by atoms with van der Waals surface area (Å²) in [6.07, 6.45) is 1.91. The van der Waals surface area contributed by atoms with Crippen molar-refractivity contribution in [3.05, 3.63) is 33.7 Å². The van der Waals surface area contributed by atoms with Gasteiger partial charge in [-0.25, -0.2) is 0 Å². The number of methoxy groups -OCH3 is 2. The molecule has 0 bridgehead atoms. The van der Waals surface area contributed by atoms with E-state index in [1.54, 1.807) is 14.2 Å². The number of ether oxygens (including phenoxy) is 2. The Labute approximate surface area is 118 Å². The minimum Gasteiger partial charge on any atom is -0.493 e. The minimum absolute atomic E-state index is 0.561.